The molecular weight excluding hydrogens is 358 g/mol. The summed E-state index contributed by atoms with van der Waals surface area (Å²) in [6.45, 7) is -0.0336. The number of halogens is 1. The number of esters is 1. The molecule has 0 aliphatic carbocycles. The maximum absolute atomic E-state index is 12.3. The second-order valence-corrected chi connectivity index (χ2v) is 5.77. The molecule has 1 aromatic heterocycles. The van der Waals surface area contributed by atoms with Crippen LogP contribution in [0.25, 0.3) is 11.3 Å². The van der Waals surface area contributed by atoms with Gasteiger partial charge in [-0.1, -0.05) is 16.8 Å². The fourth-order valence-corrected chi connectivity index (χ4v) is 2.50. The number of methoxy groups -OCH3 is 2. The van der Waals surface area contributed by atoms with Crippen molar-refractivity contribution >= 4 is 17.6 Å². The molecule has 3 aromatic rings. The van der Waals surface area contributed by atoms with Gasteiger partial charge in [0, 0.05) is 16.7 Å². The molecular formula is C19H16ClNO5. The quantitative estimate of drug-likeness (QED) is 0.597. The van der Waals surface area contributed by atoms with Crippen LogP contribution in [0.15, 0.2) is 53.1 Å². The number of carbonyl (C=O) groups excluding carboxylic acids is 1. The van der Waals surface area contributed by atoms with Crippen molar-refractivity contribution in [3.8, 4) is 22.8 Å². The van der Waals surface area contributed by atoms with Crippen LogP contribution in [0, 0.1) is 0 Å². The molecule has 0 radical (unpaired) electrons. The van der Waals surface area contributed by atoms with Crippen LogP contribution in [0.2, 0.25) is 5.02 Å². The molecule has 26 heavy (non-hydrogen) atoms. The third-order valence-electron chi connectivity index (χ3n) is 3.67. The summed E-state index contributed by atoms with van der Waals surface area (Å²) >= 11 is 5.93. The van der Waals surface area contributed by atoms with Gasteiger partial charge in [-0.3, -0.25) is 0 Å². The Morgan fingerprint density at radius 1 is 1.08 bits per heavy atom. The minimum atomic E-state index is -0.557. The van der Waals surface area contributed by atoms with Gasteiger partial charge in [0.25, 0.3) is 0 Å². The number of hydrogen-bond donors (Lipinski definition) is 0. The first-order valence-corrected chi connectivity index (χ1v) is 8.09. The summed E-state index contributed by atoms with van der Waals surface area (Å²) < 4.78 is 20.8. The van der Waals surface area contributed by atoms with Gasteiger partial charge in [0.05, 0.1) is 14.2 Å². The molecule has 3 rings (SSSR count). The molecule has 134 valence electrons. The van der Waals surface area contributed by atoms with Crippen LogP contribution in [0.5, 0.6) is 11.5 Å². The largest absolute Gasteiger partial charge is 0.497 e. The molecule has 7 heteroatoms. The first kappa shape index (κ1) is 17.8. The highest BCUT2D eigenvalue weighted by Gasteiger charge is 2.16. The van der Waals surface area contributed by atoms with Crippen LogP contribution in [-0.4, -0.2) is 25.3 Å². The van der Waals surface area contributed by atoms with Crippen molar-refractivity contribution in [1.82, 2.24) is 5.16 Å². The van der Waals surface area contributed by atoms with Crippen molar-refractivity contribution in [2.24, 2.45) is 0 Å². The summed E-state index contributed by atoms with van der Waals surface area (Å²) in [5.41, 5.74) is 1.58. The topological polar surface area (TPSA) is 70.8 Å². The number of benzene rings is 2. The van der Waals surface area contributed by atoms with E-state index in [1.807, 2.05) is 24.3 Å². The minimum absolute atomic E-state index is 0.0336. The predicted octanol–water partition coefficient (Wildman–Crippen LogP) is 4.37. The Hall–Kier alpha value is -2.99. The van der Waals surface area contributed by atoms with E-state index in [1.54, 1.807) is 25.3 Å². The molecule has 0 saturated heterocycles. The summed E-state index contributed by atoms with van der Waals surface area (Å²) in [6, 6.07) is 13.8. The fraction of sp³-hybridized carbons (Fsp3) is 0.158. The lowest BCUT2D eigenvalue weighted by atomic mass is 10.1. The fourth-order valence-electron chi connectivity index (χ4n) is 2.33. The second kappa shape index (κ2) is 7.93. The monoisotopic (exact) mass is 373 g/mol. The Balaban J connectivity index is 1.68. The number of nitrogens with zero attached hydrogens (tertiary/aromatic N) is 1. The van der Waals surface area contributed by atoms with Gasteiger partial charge in [-0.05, 0) is 42.5 Å². The summed E-state index contributed by atoms with van der Waals surface area (Å²) in [5.74, 6) is 1.15. The van der Waals surface area contributed by atoms with E-state index in [4.69, 9.17) is 30.3 Å². The van der Waals surface area contributed by atoms with E-state index < -0.39 is 5.97 Å². The van der Waals surface area contributed by atoms with Gasteiger partial charge in [-0.25, -0.2) is 4.79 Å². The Kier molecular flexibility index (Phi) is 5.43. The smallest absolute Gasteiger partial charge is 0.342 e. The van der Waals surface area contributed by atoms with Gasteiger partial charge in [-0.2, -0.15) is 0 Å². The third kappa shape index (κ3) is 3.97. The average Bonchev–Trinajstić information content (AvgIpc) is 3.15. The highest BCUT2D eigenvalue weighted by molar-refractivity contribution is 6.31. The zero-order valence-electron chi connectivity index (χ0n) is 14.2. The van der Waals surface area contributed by atoms with E-state index in [2.05, 4.69) is 5.16 Å². The molecule has 0 atom stereocenters. The van der Waals surface area contributed by atoms with Crippen molar-refractivity contribution in [1.29, 1.82) is 0 Å². The van der Waals surface area contributed by atoms with Gasteiger partial charge in [0.2, 0.25) is 0 Å². The number of carbonyl (C=O) groups is 1. The lowest BCUT2D eigenvalue weighted by molar-refractivity contribution is 0.0460. The Morgan fingerprint density at radius 2 is 1.85 bits per heavy atom. The Morgan fingerprint density at radius 3 is 2.54 bits per heavy atom. The van der Waals surface area contributed by atoms with Gasteiger partial charge < -0.3 is 18.7 Å². The lowest BCUT2D eigenvalue weighted by Crippen LogP contribution is -2.07. The number of hydrogen-bond acceptors (Lipinski definition) is 6. The van der Waals surface area contributed by atoms with E-state index in [0.29, 0.717) is 22.2 Å². The molecule has 0 aliphatic rings. The molecule has 0 amide bonds. The highest BCUT2D eigenvalue weighted by atomic mass is 35.5. The van der Waals surface area contributed by atoms with Gasteiger partial charge in [0.1, 0.15) is 29.4 Å². The molecule has 0 unspecified atom stereocenters. The van der Waals surface area contributed by atoms with Crippen LogP contribution in [-0.2, 0) is 11.3 Å². The first-order valence-electron chi connectivity index (χ1n) is 7.71. The number of ether oxygens (including phenoxy) is 3. The van der Waals surface area contributed by atoms with Gasteiger partial charge >= 0.3 is 5.97 Å². The summed E-state index contributed by atoms with van der Waals surface area (Å²) in [4.78, 5) is 12.3. The van der Waals surface area contributed by atoms with Crippen LogP contribution in [0.3, 0.4) is 0 Å². The van der Waals surface area contributed by atoms with Crippen LogP contribution >= 0.6 is 11.6 Å². The lowest BCUT2D eigenvalue weighted by Gasteiger charge is -2.08. The van der Waals surface area contributed by atoms with E-state index in [0.717, 1.165) is 11.3 Å². The first-order chi connectivity index (χ1) is 12.6. The molecule has 1 heterocycles. The normalized spacial score (nSPS) is 10.4. The summed E-state index contributed by atoms with van der Waals surface area (Å²) in [5, 5.41) is 4.34. The Labute approximate surface area is 155 Å². The standard InChI is InChI=1S/C19H16ClNO5/c1-23-15-6-3-12(4-7-15)18-10-14(21-26-18)11-25-19(22)16-9-13(20)5-8-17(16)24-2/h3-10H,11H2,1-2H3. The molecule has 0 saturated carbocycles. The molecule has 6 nitrogen and oxygen atoms in total. The number of aromatic nitrogens is 1. The predicted molar refractivity (Wildman–Crippen MR) is 95.6 cm³/mol. The molecule has 2 aromatic carbocycles. The van der Waals surface area contributed by atoms with Crippen molar-refractivity contribution in [2.75, 3.05) is 14.2 Å². The van der Waals surface area contributed by atoms with Crippen LogP contribution in [0.1, 0.15) is 16.1 Å². The van der Waals surface area contributed by atoms with Crippen molar-refractivity contribution < 1.29 is 23.5 Å². The molecule has 0 N–H and O–H groups in total. The molecule has 0 spiro atoms. The maximum atomic E-state index is 12.3. The van der Waals surface area contributed by atoms with Crippen molar-refractivity contribution in [3.63, 3.8) is 0 Å². The van der Waals surface area contributed by atoms with Crippen molar-refractivity contribution in [2.45, 2.75) is 6.61 Å². The zero-order chi connectivity index (χ0) is 18.5. The zero-order valence-corrected chi connectivity index (χ0v) is 14.9. The maximum Gasteiger partial charge on any atom is 0.342 e. The van der Waals surface area contributed by atoms with Gasteiger partial charge in [-0.15, -0.1) is 0 Å². The summed E-state index contributed by atoms with van der Waals surface area (Å²) in [7, 11) is 3.07. The molecule has 0 bridgehead atoms. The SMILES string of the molecule is COc1ccc(-c2cc(COC(=O)c3cc(Cl)ccc3OC)no2)cc1. The van der Waals surface area contributed by atoms with Crippen LogP contribution < -0.4 is 9.47 Å². The van der Waals surface area contributed by atoms with Gasteiger partial charge in [0.15, 0.2) is 5.76 Å². The average molecular weight is 374 g/mol. The third-order valence-corrected chi connectivity index (χ3v) is 3.90. The Bertz CT molecular complexity index is 905. The summed E-state index contributed by atoms with van der Waals surface area (Å²) in [6.07, 6.45) is 0. The molecule has 0 fully saturated rings. The van der Waals surface area contributed by atoms with Crippen LogP contribution in [0.4, 0.5) is 0 Å². The molecule has 0 aliphatic heterocycles. The van der Waals surface area contributed by atoms with Crippen molar-refractivity contribution in [3.05, 3.63) is 64.8 Å². The van der Waals surface area contributed by atoms with E-state index in [-0.39, 0.29) is 12.2 Å². The van der Waals surface area contributed by atoms with E-state index >= 15 is 0 Å². The number of rotatable bonds is 6. The highest BCUT2D eigenvalue weighted by Crippen LogP contribution is 2.25. The van der Waals surface area contributed by atoms with E-state index in [1.165, 1.54) is 13.2 Å². The second-order valence-electron chi connectivity index (χ2n) is 5.33. The minimum Gasteiger partial charge on any atom is -0.497 e. The van der Waals surface area contributed by atoms with E-state index in [9.17, 15) is 4.79 Å².